The summed E-state index contributed by atoms with van der Waals surface area (Å²) in [6, 6.07) is 16.4. The van der Waals surface area contributed by atoms with Crippen molar-refractivity contribution in [3.8, 4) is 11.5 Å². The molecule has 2 amide bonds. The fraction of sp³-hybridized carbons (Fsp3) is 0.364. The number of piperidine rings is 1. The Bertz CT molecular complexity index is 807. The molecule has 0 bridgehead atoms. The molecule has 0 atom stereocenters. The number of hydrogen-bond acceptors (Lipinski definition) is 4. The molecule has 154 valence electrons. The van der Waals surface area contributed by atoms with Gasteiger partial charge in [-0.05, 0) is 43.5 Å². The maximum atomic E-state index is 12.2. The summed E-state index contributed by atoms with van der Waals surface area (Å²) in [5.41, 5.74) is 0. The average Bonchev–Trinajstić information content (AvgIpc) is 2.73. The number of amides is 2. The molecule has 1 N–H and O–H groups in total. The third-order valence-electron chi connectivity index (χ3n) is 4.71. The van der Waals surface area contributed by atoms with Gasteiger partial charge in [-0.3, -0.25) is 4.79 Å². The van der Waals surface area contributed by atoms with Crippen LogP contribution in [0.2, 0.25) is 5.02 Å². The van der Waals surface area contributed by atoms with Gasteiger partial charge in [0.1, 0.15) is 11.5 Å². The van der Waals surface area contributed by atoms with Crippen LogP contribution < -0.4 is 14.8 Å². The summed E-state index contributed by atoms with van der Waals surface area (Å²) >= 11 is 6.03. The molecular weight excluding hydrogens is 392 g/mol. The Morgan fingerprint density at radius 3 is 2.45 bits per heavy atom. The molecule has 1 fully saturated rings. The number of rotatable bonds is 7. The minimum Gasteiger partial charge on any atom is -0.492 e. The van der Waals surface area contributed by atoms with Crippen LogP contribution in [0.4, 0.5) is 4.79 Å². The number of carbonyl (C=O) groups is 2. The quantitative estimate of drug-likeness (QED) is 0.684. The highest BCUT2D eigenvalue weighted by molar-refractivity contribution is 6.32. The van der Waals surface area contributed by atoms with Crippen LogP contribution in [0.15, 0.2) is 54.6 Å². The fourth-order valence-electron chi connectivity index (χ4n) is 3.14. The lowest BCUT2D eigenvalue weighted by Gasteiger charge is -2.31. The minimum atomic E-state index is -0.349. The molecule has 1 saturated heterocycles. The van der Waals surface area contributed by atoms with Gasteiger partial charge in [-0.15, -0.1) is 0 Å². The number of halogens is 1. The number of nitrogens with zero attached hydrogens (tertiary/aromatic N) is 1. The first-order chi connectivity index (χ1) is 14.1. The molecule has 1 heterocycles. The number of carbonyl (C=O) groups excluding carboxylic acids is 2. The lowest BCUT2D eigenvalue weighted by Crippen LogP contribution is -2.47. The molecule has 3 rings (SSSR count). The van der Waals surface area contributed by atoms with Crippen LogP contribution in [0.3, 0.4) is 0 Å². The van der Waals surface area contributed by atoms with E-state index in [-0.39, 0.29) is 18.0 Å². The molecule has 0 aromatic heterocycles. The Morgan fingerprint density at radius 2 is 1.72 bits per heavy atom. The molecule has 29 heavy (non-hydrogen) atoms. The SMILES string of the molecule is O=C(CCCOc1ccccc1Cl)NC1CCN(C(=O)Oc2ccccc2)CC1. The van der Waals surface area contributed by atoms with Crippen molar-refractivity contribution in [1.29, 1.82) is 0 Å². The van der Waals surface area contributed by atoms with Crippen LogP contribution in [-0.2, 0) is 4.79 Å². The Kier molecular flexibility index (Phi) is 7.76. The molecule has 0 aliphatic carbocycles. The van der Waals surface area contributed by atoms with Crippen molar-refractivity contribution in [3.63, 3.8) is 0 Å². The number of para-hydroxylation sites is 2. The van der Waals surface area contributed by atoms with Crippen LogP contribution in [-0.4, -0.2) is 42.6 Å². The summed E-state index contributed by atoms with van der Waals surface area (Å²) in [4.78, 5) is 26.0. The molecule has 2 aromatic rings. The van der Waals surface area contributed by atoms with Crippen molar-refractivity contribution in [2.24, 2.45) is 0 Å². The molecule has 1 aliphatic heterocycles. The highest BCUT2D eigenvalue weighted by Gasteiger charge is 2.25. The third kappa shape index (κ3) is 6.68. The van der Waals surface area contributed by atoms with Gasteiger partial charge in [-0.2, -0.15) is 0 Å². The Hall–Kier alpha value is -2.73. The van der Waals surface area contributed by atoms with Crippen molar-refractivity contribution in [2.75, 3.05) is 19.7 Å². The van der Waals surface area contributed by atoms with Crippen LogP contribution in [0.25, 0.3) is 0 Å². The summed E-state index contributed by atoms with van der Waals surface area (Å²) in [7, 11) is 0. The van der Waals surface area contributed by atoms with E-state index in [0.29, 0.717) is 61.9 Å². The second kappa shape index (κ2) is 10.7. The summed E-state index contributed by atoms with van der Waals surface area (Å²) in [6.07, 6.45) is 2.08. The predicted octanol–water partition coefficient (Wildman–Crippen LogP) is 4.28. The largest absolute Gasteiger partial charge is 0.492 e. The normalized spacial score (nSPS) is 14.3. The fourth-order valence-corrected chi connectivity index (χ4v) is 3.33. The molecular formula is C22H25ClN2O4. The van der Waals surface area contributed by atoms with Gasteiger partial charge in [-0.25, -0.2) is 4.79 Å². The Balaban J connectivity index is 1.31. The Morgan fingerprint density at radius 1 is 1.03 bits per heavy atom. The third-order valence-corrected chi connectivity index (χ3v) is 5.02. The number of hydrogen-bond donors (Lipinski definition) is 1. The molecule has 2 aromatic carbocycles. The van der Waals surface area contributed by atoms with E-state index in [2.05, 4.69) is 5.32 Å². The minimum absolute atomic E-state index is 0.00179. The zero-order chi connectivity index (χ0) is 20.5. The zero-order valence-electron chi connectivity index (χ0n) is 16.2. The molecule has 0 unspecified atom stereocenters. The molecule has 1 aliphatic rings. The van der Waals surface area contributed by atoms with Crippen molar-refractivity contribution in [3.05, 3.63) is 59.6 Å². The highest BCUT2D eigenvalue weighted by Crippen LogP contribution is 2.23. The van der Waals surface area contributed by atoms with Gasteiger partial charge in [0.2, 0.25) is 5.91 Å². The Labute approximate surface area is 175 Å². The number of benzene rings is 2. The van der Waals surface area contributed by atoms with Gasteiger partial charge in [0.25, 0.3) is 0 Å². The molecule has 0 spiro atoms. The summed E-state index contributed by atoms with van der Waals surface area (Å²) < 4.78 is 11.0. The molecule has 6 nitrogen and oxygen atoms in total. The van der Waals surface area contributed by atoms with E-state index >= 15 is 0 Å². The molecule has 0 saturated carbocycles. The monoisotopic (exact) mass is 416 g/mol. The average molecular weight is 417 g/mol. The van der Waals surface area contributed by atoms with Crippen molar-refractivity contribution in [1.82, 2.24) is 10.2 Å². The van der Waals surface area contributed by atoms with E-state index in [9.17, 15) is 9.59 Å². The van der Waals surface area contributed by atoms with Crippen LogP contribution >= 0.6 is 11.6 Å². The second-order valence-corrected chi connectivity index (χ2v) is 7.30. The standard InChI is InChI=1S/C22H25ClN2O4/c23-19-9-4-5-10-20(19)28-16-6-11-21(26)24-17-12-14-25(15-13-17)22(27)29-18-7-2-1-3-8-18/h1-5,7-10,17H,6,11-16H2,(H,24,26). The van der Waals surface area contributed by atoms with E-state index in [1.165, 1.54) is 0 Å². The first-order valence-corrected chi connectivity index (χ1v) is 10.2. The van der Waals surface area contributed by atoms with Crippen molar-refractivity contribution < 1.29 is 19.1 Å². The number of nitrogens with one attached hydrogen (secondary N) is 1. The lowest BCUT2D eigenvalue weighted by molar-refractivity contribution is -0.122. The van der Waals surface area contributed by atoms with Crippen molar-refractivity contribution >= 4 is 23.6 Å². The van der Waals surface area contributed by atoms with E-state index < -0.39 is 0 Å². The topological polar surface area (TPSA) is 67.9 Å². The van der Waals surface area contributed by atoms with Crippen LogP contribution in [0, 0.1) is 0 Å². The van der Waals surface area contributed by atoms with Gasteiger partial charge < -0.3 is 19.7 Å². The van der Waals surface area contributed by atoms with E-state index in [1.54, 1.807) is 29.2 Å². The summed E-state index contributed by atoms with van der Waals surface area (Å²) in [5, 5.41) is 3.60. The van der Waals surface area contributed by atoms with Gasteiger partial charge in [0.05, 0.1) is 11.6 Å². The van der Waals surface area contributed by atoms with E-state index in [1.807, 2.05) is 30.3 Å². The lowest BCUT2D eigenvalue weighted by atomic mass is 10.1. The maximum Gasteiger partial charge on any atom is 0.415 e. The van der Waals surface area contributed by atoms with Gasteiger partial charge in [0.15, 0.2) is 0 Å². The van der Waals surface area contributed by atoms with Gasteiger partial charge >= 0.3 is 6.09 Å². The smallest absolute Gasteiger partial charge is 0.415 e. The highest BCUT2D eigenvalue weighted by atomic mass is 35.5. The molecule has 0 radical (unpaired) electrons. The first-order valence-electron chi connectivity index (χ1n) is 9.80. The second-order valence-electron chi connectivity index (χ2n) is 6.89. The van der Waals surface area contributed by atoms with E-state index in [4.69, 9.17) is 21.1 Å². The molecule has 7 heteroatoms. The van der Waals surface area contributed by atoms with Crippen molar-refractivity contribution in [2.45, 2.75) is 31.7 Å². The number of ether oxygens (including phenoxy) is 2. The summed E-state index contributed by atoms with van der Waals surface area (Å²) in [5.74, 6) is 1.16. The van der Waals surface area contributed by atoms with Gasteiger partial charge in [0, 0.05) is 25.6 Å². The first kappa shape index (κ1) is 21.0. The maximum absolute atomic E-state index is 12.2. The zero-order valence-corrected chi connectivity index (χ0v) is 16.9. The predicted molar refractivity (Wildman–Crippen MR) is 111 cm³/mol. The summed E-state index contributed by atoms with van der Waals surface area (Å²) in [6.45, 7) is 1.55. The van der Waals surface area contributed by atoms with Crippen LogP contribution in [0.1, 0.15) is 25.7 Å². The van der Waals surface area contributed by atoms with Crippen LogP contribution in [0.5, 0.6) is 11.5 Å². The van der Waals surface area contributed by atoms with E-state index in [0.717, 1.165) is 0 Å². The van der Waals surface area contributed by atoms with Gasteiger partial charge in [-0.1, -0.05) is 41.9 Å². The number of likely N-dealkylation sites (tertiary alicyclic amines) is 1.